The molecule has 6 heteroatoms. The van der Waals surface area contributed by atoms with Crippen molar-refractivity contribution in [2.45, 2.75) is 88.3 Å². The lowest BCUT2D eigenvalue weighted by Gasteiger charge is -2.32. The summed E-state index contributed by atoms with van der Waals surface area (Å²) in [6, 6.07) is 3.56. The molecule has 34 heavy (non-hydrogen) atoms. The third-order valence-corrected chi connectivity index (χ3v) is 8.27. The van der Waals surface area contributed by atoms with E-state index in [2.05, 4.69) is 6.58 Å². The summed E-state index contributed by atoms with van der Waals surface area (Å²) in [5, 5.41) is 0. The van der Waals surface area contributed by atoms with Crippen LogP contribution in [-0.2, 0) is 9.47 Å². The number of rotatable bonds is 7. The average molecular weight is 481 g/mol. The Morgan fingerprint density at radius 2 is 1.35 bits per heavy atom. The van der Waals surface area contributed by atoms with Crippen LogP contribution >= 0.6 is 0 Å². The van der Waals surface area contributed by atoms with Crippen LogP contribution in [0.5, 0.6) is 0 Å². The second-order valence-electron chi connectivity index (χ2n) is 10.2. The summed E-state index contributed by atoms with van der Waals surface area (Å²) in [6.07, 6.45) is 8.46. The van der Waals surface area contributed by atoms with Gasteiger partial charge in [-0.15, -0.1) is 6.58 Å². The normalized spacial score (nSPS) is 32.6. The molecule has 0 saturated heterocycles. The molecule has 4 rings (SSSR count). The van der Waals surface area contributed by atoms with Crippen LogP contribution < -0.4 is 0 Å². The van der Waals surface area contributed by atoms with Crippen molar-refractivity contribution in [3.63, 3.8) is 0 Å². The molecular formula is C28H36F4O2. The van der Waals surface area contributed by atoms with Crippen LogP contribution in [0.15, 0.2) is 36.4 Å². The molecule has 1 aromatic carbocycles. The van der Waals surface area contributed by atoms with Gasteiger partial charge in [0.05, 0.1) is 12.7 Å². The van der Waals surface area contributed by atoms with E-state index in [4.69, 9.17) is 9.47 Å². The molecule has 0 spiro atoms. The lowest BCUT2D eigenvalue weighted by atomic mass is 9.77. The molecule has 3 aliphatic carbocycles. The zero-order valence-corrected chi connectivity index (χ0v) is 20.0. The Morgan fingerprint density at radius 3 is 1.88 bits per heavy atom. The lowest BCUT2D eigenvalue weighted by molar-refractivity contribution is -0.00393. The van der Waals surface area contributed by atoms with Crippen molar-refractivity contribution in [2.24, 2.45) is 11.8 Å². The molecule has 0 amide bonds. The van der Waals surface area contributed by atoms with Crippen molar-refractivity contribution in [1.29, 1.82) is 0 Å². The van der Waals surface area contributed by atoms with Gasteiger partial charge in [-0.05, 0) is 93.1 Å². The second kappa shape index (κ2) is 11.4. The van der Waals surface area contributed by atoms with Crippen LogP contribution in [0.2, 0.25) is 0 Å². The number of methoxy groups -OCH3 is 1. The SMILES string of the molecule is C=CC1CCC(c2ccc(C3CCC(OCC4CCC(OC)C(F)=C4F)CC3)c(F)c2F)CC1. The smallest absolute Gasteiger partial charge is 0.162 e. The number of hydrogen-bond donors (Lipinski definition) is 0. The number of allylic oxidation sites excluding steroid dienone is 1. The predicted octanol–water partition coefficient (Wildman–Crippen LogP) is 8.04. The van der Waals surface area contributed by atoms with Crippen LogP contribution in [0, 0.1) is 23.5 Å². The fourth-order valence-electron chi connectivity index (χ4n) is 6.00. The highest BCUT2D eigenvalue weighted by Gasteiger charge is 2.33. The molecule has 0 heterocycles. The molecule has 1 aromatic rings. The van der Waals surface area contributed by atoms with Crippen molar-refractivity contribution in [3.8, 4) is 0 Å². The van der Waals surface area contributed by atoms with Gasteiger partial charge in [0, 0.05) is 13.0 Å². The van der Waals surface area contributed by atoms with E-state index in [-0.39, 0.29) is 24.5 Å². The quantitative estimate of drug-likeness (QED) is 0.290. The van der Waals surface area contributed by atoms with Gasteiger partial charge in [-0.1, -0.05) is 18.2 Å². The van der Waals surface area contributed by atoms with Gasteiger partial charge in [-0.2, -0.15) is 0 Å². The zero-order chi connectivity index (χ0) is 24.2. The first-order chi connectivity index (χ1) is 16.4. The van der Waals surface area contributed by atoms with E-state index in [1.165, 1.54) is 7.11 Å². The molecule has 3 aliphatic rings. The highest BCUT2D eigenvalue weighted by molar-refractivity contribution is 5.32. The summed E-state index contributed by atoms with van der Waals surface area (Å²) in [5.41, 5.74) is 0.958. The molecule has 0 aromatic heterocycles. The van der Waals surface area contributed by atoms with Gasteiger partial charge in [0.2, 0.25) is 0 Å². The van der Waals surface area contributed by atoms with Gasteiger partial charge in [0.15, 0.2) is 17.5 Å². The topological polar surface area (TPSA) is 18.5 Å². The minimum atomic E-state index is -0.819. The first-order valence-corrected chi connectivity index (χ1v) is 12.7. The molecule has 2 atom stereocenters. The molecule has 0 radical (unpaired) electrons. The maximum Gasteiger partial charge on any atom is 0.162 e. The Bertz CT molecular complexity index is 883. The third-order valence-electron chi connectivity index (χ3n) is 8.27. The molecule has 2 fully saturated rings. The van der Waals surface area contributed by atoms with E-state index in [0.717, 1.165) is 25.7 Å². The van der Waals surface area contributed by atoms with E-state index in [0.29, 0.717) is 55.6 Å². The van der Waals surface area contributed by atoms with Crippen LogP contribution in [0.3, 0.4) is 0 Å². The van der Waals surface area contributed by atoms with Crippen LogP contribution in [-0.4, -0.2) is 25.9 Å². The highest BCUT2D eigenvalue weighted by Crippen LogP contribution is 2.41. The number of benzene rings is 1. The Morgan fingerprint density at radius 1 is 0.794 bits per heavy atom. The number of halogens is 4. The van der Waals surface area contributed by atoms with E-state index < -0.39 is 35.3 Å². The Hall–Kier alpha value is -1.66. The fraction of sp³-hybridized carbons (Fsp3) is 0.643. The second-order valence-corrected chi connectivity index (χ2v) is 10.2. The van der Waals surface area contributed by atoms with Crippen molar-refractivity contribution in [2.75, 3.05) is 13.7 Å². The van der Waals surface area contributed by atoms with Crippen LogP contribution in [0.25, 0.3) is 0 Å². The van der Waals surface area contributed by atoms with Gasteiger partial charge in [0.25, 0.3) is 0 Å². The monoisotopic (exact) mass is 480 g/mol. The molecule has 2 saturated carbocycles. The van der Waals surface area contributed by atoms with Gasteiger partial charge in [-0.3, -0.25) is 0 Å². The van der Waals surface area contributed by atoms with E-state index >= 15 is 8.78 Å². The van der Waals surface area contributed by atoms with Gasteiger partial charge < -0.3 is 9.47 Å². The number of hydrogen-bond acceptors (Lipinski definition) is 2. The summed E-state index contributed by atoms with van der Waals surface area (Å²) in [7, 11) is 1.38. The predicted molar refractivity (Wildman–Crippen MR) is 125 cm³/mol. The van der Waals surface area contributed by atoms with E-state index in [9.17, 15) is 8.78 Å². The van der Waals surface area contributed by atoms with Crippen molar-refractivity contribution in [3.05, 3.63) is 59.2 Å². The standard InChI is InChI=1S/C28H36F4O2/c1-3-17-4-6-18(7-5-17)22-13-14-23(27(31)26(22)30)19-8-11-21(12-9-19)34-16-20-10-15-24(33-2)28(32)25(20)29/h3,13-14,17-21,24H,1,4-12,15-16H2,2H3. The van der Waals surface area contributed by atoms with E-state index in [1.807, 2.05) is 6.08 Å². The molecule has 0 aliphatic heterocycles. The zero-order valence-electron chi connectivity index (χ0n) is 20.0. The molecule has 188 valence electrons. The average Bonchev–Trinajstić information content (AvgIpc) is 2.87. The van der Waals surface area contributed by atoms with Crippen molar-refractivity contribution in [1.82, 2.24) is 0 Å². The van der Waals surface area contributed by atoms with E-state index in [1.54, 1.807) is 12.1 Å². The Labute approximate surface area is 200 Å². The van der Waals surface area contributed by atoms with Crippen LogP contribution in [0.1, 0.15) is 87.2 Å². The van der Waals surface area contributed by atoms with Gasteiger partial charge in [0.1, 0.15) is 11.9 Å². The largest absolute Gasteiger partial charge is 0.377 e. The molecule has 2 unspecified atom stereocenters. The number of ether oxygens (including phenoxy) is 2. The molecule has 0 N–H and O–H groups in total. The summed E-state index contributed by atoms with van der Waals surface area (Å²) < 4.78 is 69.2. The minimum absolute atomic E-state index is 0.0499. The molecular weight excluding hydrogens is 444 g/mol. The summed E-state index contributed by atoms with van der Waals surface area (Å²) in [5.74, 6) is -3.05. The Kier molecular flexibility index (Phi) is 8.52. The molecule has 2 nitrogen and oxygen atoms in total. The van der Waals surface area contributed by atoms with Crippen molar-refractivity contribution < 1.29 is 27.0 Å². The fourth-order valence-corrected chi connectivity index (χ4v) is 6.00. The summed E-state index contributed by atoms with van der Waals surface area (Å²) in [4.78, 5) is 0. The summed E-state index contributed by atoms with van der Waals surface area (Å²) in [6.45, 7) is 3.98. The maximum atomic E-state index is 15.1. The minimum Gasteiger partial charge on any atom is -0.377 e. The first-order valence-electron chi connectivity index (χ1n) is 12.7. The Balaban J connectivity index is 1.31. The maximum absolute atomic E-state index is 15.1. The third kappa shape index (κ3) is 5.43. The first kappa shape index (κ1) is 25.4. The van der Waals surface area contributed by atoms with Gasteiger partial charge in [-0.25, -0.2) is 17.6 Å². The summed E-state index contributed by atoms with van der Waals surface area (Å²) >= 11 is 0. The lowest BCUT2D eigenvalue weighted by Crippen LogP contribution is -2.28. The van der Waals surface area contributed by atoms with Crippen molar-refractivity contribution >= 4 is 0 Å². The highest BCUT2D eigenvalue weighted by atomic mass is 19.2. The van der Waals surface area contributed by atoms with Gasteiger partial charge >= 0.3 is 0 Å². The molecule has 0 bridgehead atoms. The van der Waals surface area contributed by atoms with Crippen LogP contribution in [0.4, 0.5) is 17.6 Å².